The molecule has 0 aliphatic rings. The molecule has 0 bridgehead atoms. The molecule has 0 saturated carbocycles. The number of anilines is 1. The van der Waals surface area contributed by atoms with Crippen LogP contribution in [0, 0.1) is 0 Å². The van der Waals surface area contributed by atoms with Crippen molar-refractivity contribution in [3.05, 3.63) is 58.1 Å². The van der Waals surface area contributed by atoms with Crippen molar-refractivity contribution in [2.45, 2.75) is 19.0 Å². The molecule has 176 valence electrons. The minimum atomic E-state index is -4.66. The Morgan fingerprint density at radius 2 is 1.81 bits per heavy atom. The maximum atomic E-state index is 13.0. The summed E-state index contributed by atoms with van der Waals surface area (Å²) >= 11 is 11.9. The van der Waals surface area contributed by atoms with Crippen molar-refractivity contribution in [1.29, 1.82) is 0 Å². The number of para-hydroxylation sites is 1. The number of nitrogens with one attached hydrogen (secondary N) is 1. The smallest absolute Gasteiger partial charge is 0.416 e. The molecule has 0 aliphatic heterocycles. The largest absolute Gasteiger partial charge is 0.490 e. The monoisotopic (exact) mass is 512 g/mol. The minimum absolute atomic E-state index is 0.0469. The van der Waals surface area contributed by atoms with Gasteiger partial charge in [-0.1, -0.05) is 35.3 Å². The normalized spacial score (nSPS) is 11.8. The Balaban J connectivity index is 1.91. The summed E-state index contributed by atoms with van der Waals surface area (Å²) in [4.78, 5) is 12.0. The van der Waals surface area contributed by atoms with E-state index >= 15 is 0 Å². The Morgan fingerprint density at radius 3 is 2.44 bits per heavy atom. The fraction of sp³-hybridized carbons (Fsp3) is 0.350. The van der Waals surface area contributed by atoms with Gasteiger partial charge in [0, 0.05) is 13.0 Å². The predicted octanol–water partition coefficient (Wildman–Crippen LogP) is 4.75. The molecule has 12 heteroatoms. The Labute approximate surface area is 194 Å². The molecule has 1 amide bonds. The highest BCUT2D eigenvalue weighted by Gasteiger charge is 2.32. The van der Waals surface area contributed by atoms with Crippen LogP contribution in [0.2, 0.25) is 10.0 Å². The second kappa shape index (κ2) is 11.1. The van der Waals surface area contributed by atoms with Crippen LogP contribution in [0.5, 0.6) is 5.75 Å². The quantitative estimate of drug-likeness (QED) is 0.466. The van der Waals surface area contributed by atoms with E-state index in [9.17, 15) is 26.4 Å². The second-order valence-electron chi connectivity index (χ2n) is 6.73. The van der Waals surface area contributed by atoms with E-state index in [4.69, 9.17) is 27.9 Å². The fourth-order valence-corrected chi connectivity index (χ4v) is 4.16. The average Bonchev–Trinajstić information content (AvgIpc) is 2.69. The van der Waals surface area contributed by atoms with Crippen molar-refractivity contribution in [3.63, 3.8) is 0 Å². The van der Waals surface area contributed by atoms with E-state index in [1.807, 2.05) is 0 Å². The van der Waals surface area contributed by atoms with Crippen LogP contribution in [0.1, 0.15) is 18.4 Å². The highest BCUT2D eigenvalue weighted by molar-refractivity contribution is 7.92. The molecule has 32 heavy (non-hydrogen) atoms. The Bertz CT molecular complexity index is 1050. The molecule has 0 fully saturated rings. The van der Waals surface area contributed by atoms with E-state index in [0.29, 0.717) is 16.8 Å². The summed E-state index contributed by atoms with van der Waals surface area (Å²) in [5.74, 6) is 0.113. The fourth-order valence-electron chi connectivity index (χ4n) is 2.73. The number of hydrogen-bond donors (Lipinski definition) is 1. The summed E-state index contributed by atoms with van der Waals surface area (Å²) in [7, 11) is -3.94. The van der Waals surface area contributed by atoms with Gasteiger partial charge in [-0.05, 0) is 36.8 Å². The zero-order chi connectivity index (χ0) is 23.9. The lowest BCUT2D eigenvalue weighted by atomic mass is 10.2. The van der Waals surface area contributed by atoms with Crippen LogP contribution in [-0.2, 0) is 21.0 Å². The van der Waals surface area contributed by atoms with Gasteiger partial charge in [-0.25, -0.2) is 8.42 Å². The maximum absolute atomic E-state index is 13.0. The van der Waals surface area contributed by atoms with Crippen LogP contribution >= 0.6 is 23.2 Å². The number of carbonyl (C=O) groups excluding carboxylic acids is 1. The lowest BCUT2D eigenvalue weighted by Gasteiger charge is -2.24. The molecule has 2 aromatic carbocycles. The molecule has 0 aliphatic carbocycles. The number of sulfonamides is 1. The van der Waals surface area contributed by atoms with E-state index in [1.54, 1.807) is 24.3 Å². The maximum Gasteiger partial charge on any atom is 0.416 e. The number of halogens is 5. The zero-order valence-electron chi connectivity index (χ0n) is 17.0. The predicted molar refractivity (Wildman–Crippen MR) is 118 cm³/mol. The highest BCUT2D eigenvalue weighted by Crippen LogP contribution is 2.36. The summed E-state index contributed by atoms with van der Waals surface area (Å²) in [5.41, 5.74) is -1.32. The number of amides is 1. The summed E-state index contributed by atoms with van der Waals surface area (Å²) < 4.78 is 69.6. The van der Waals surface area contributed by atoms with Crippen LogP contribution in [-0.4, -0.2) is 40.3 Å². The van der Waals surface area contributed by atoms with Crippen LogP contribution in [0.4, 0.5) is 18.9 Å². The van der Waals surface area contributed by atoms with Crippen LogP contribution < -0.4 is 14.4 Å². The Morgan fingerprint density at radius 1 is 1.12 bits per heavy atom. The number of benzene rings is 2. The van der Waals surface area contributed by atoms with E-state index < -0.39 is 21.8 Å². The summed E-state index contributed by atoms with van der Waals surface area (Å²) in [6.07, 6.45) is -3.78. The number of ether oxygens (including phenoxy) is 1. The summed E-state index contributed by atoms with van der Waals surface area (Å²) in [6, 6.07) is 9.29. The minimum Gasteiger partial charge on any atom is -0.490 e. The molecule has 0 saturated heterocycles. The first-order valence-electron chi connectivity index (χ1n) is 9.38. The molecule has 0 atom stereocenters. The van der Waals surface area contributed by atoms with E-state index in [0.717, 1.165) is 22.7 Å². The molecule has 2 aromatic rings. The molecule has 6 nitrogen and oxygen atoms in total. The Hall–Kier alpha value is -2.17. The number of carbonyl (C=O) groups is 1. The number of alkyl halides is 3. The van der Waals surface area contributed by atoms with Crippen molar-refractivity contribution in [1.82, 2.24) is 5.32 Å². The molecule has 0 heterocycles. The first-order chi connectivity index (χ1) is 14.9. The average molecular weight is 513 g/mol. The zero-order valence-corrected chi connectivity index (χ0v) is 19.3. The summed E-state index contributed by atoms with van der Waals surface area (Å²) in [6.45, 7) is 0.146. The van der Waals surface area contributed by atoms with E-state index in [1.165, 1.54) is 0 Å². The van der Waals surface area contributed by atoms with Crippen molar-refractivity contribution in [2.24, 2.45) is 0 Å². The van der Waals surface area contributed by atoms with Crippen LogP contribution in [0.3, 0.4) is 0 Å². The van der Waals surface area contributed by atoms with Gasteiger partial charge in [0.05, 0.1) is 34.1 Å². The molecule has 1 N–H and O–H groups in total. The van der Waals surface area contributed by atoms with Gasteiger partial charge in [0.1, 0.15) is 12.4 Å². The summed E-state index contributed by atoms with van der Waals surface area (Å²) in [5, 5.41) is 2.90. The molecule has 0 spiro atoms. The van der Waals surface area contributed by atoms with Gasteiger partial charge in [0.15, 0.2) is 0 Å². The second-order valence-corrected chi connectivity index (χ2v) is 9.45. The van der Waals surface area contributed by atoms with Crippen molar-refractivity contribution >= 4 is 44.8 Å². The van der Waals surface area contributed by atoms with Gasteiger partial charge in [0.25, 0.3) is 0 Å². The first-order valence-corrected chi connectivity index (χ1v) is 12.0. The third-order valence-electron chi connectivity index (χ3n) is 4.23. The van der Waals surface area contributed by atoms with Gasteiger partial charge < -0.3 is 10.1 Å². The van der Waals surface area contributed by atoms with E-state index in [2.05, 4.69) is 5.32 Å². The molecule has 0 radical (unpaired) electrons. The van der Waals surface area contributed by atoms with Gasteiger partial charge in [0.2, 0.25) is 15.9 Å². The number of rotatable bonds is 10. The van der Waals surface area contributed by atoms with Gasteiger partial charge in [-0.2, -0.15) is 13.2 Å². The lowest BCUT2D eigenvalue weighted by molar-refractivity contribution is -0.137. The highest BCUT2D eigenvalue weighted by atomic mass is 35.5. The lowest BCUT2D eigenvalue weighted by Crippen LogP contribution is -2.33. The van der Waals surface area contributed by atoms with Crippen molar-refractivity contribution < 1.29 is 31.1 Å². The first kappa shape index (κ1) is 26.1. The van der Waals surface area contributed by atoms with E-state index in [-0.39, 0.29) is 49.2 Å². The van der Waals surface area contributed by atoms with Gasteiger partial charge in [-0.3, -0.25) is 9.10 Å². The van der Waals surface area contributed by atoms with Crippen molar-refractivity contribution in [3.8, 4) is 5.75 Å². The third-order valence-corrected chi connectivity index (χ3v) is 6.04. The number of hydrogen-bond acceptors (Lipinski definition) is 4. The van der Waals surface area contributed by atoms with Crippen molar-refractivity contribution in [2.75, 3.05) is 30.3 Å². The third kappa shape index (κ3) is 7.75. The Kier molecular flexibility index (Phi) is 9.06. The van der Waals surface area contributed by atoms with Gasteiger partial charge >= 0.3 is 6.18 Å². The molecule has 2 rings (SSSR count). The SMILES string of the molecule is CS(=O)(=O)N(CCCC(=O)NCCOc1ccccc1Cl)c1cc(C(F)(F)F)ccc1Cl. The van der Waals surface area contributed by atoms with Crippen LogP contribution in [0.25, 0.3) is 0 Å². The molecule has 0 unspecified atom stereocenters. The topological polar surface area (TPSA) is 75.7 Å². The standard InChI is InChI=1S/C20H21Cl2F3N2O4S/c1-32(29,30)27(17-13-14(20(23,24)25)8-9-15(17)21)11-4-7-19(28)26-10-12-31-18-6-3-2-5-16(18)22/h2-3,5-6,8-9,13H,4,7,10-12H2,1H3,(H,26,28). The molecular formula is C20H21Cl2F3N2O4S. The molecule has 0 aromatic heterocycles. The van der Waals surface area contributed by atoms with Gasteiger partial charge in [-0.15, -0.1) is 0 Å². The molecular weight excluding hydrogens is 492 g/mol. The number of nitrogens with zero attached hydrogens (tertiary/aromatic N) is 1. The van der Waals surface area contributed by atoms with Crippen LogP contribution in [0.15, 0.2) is 42.5 Å².